The molecule has 7 heteroatoms. The number of oxazole rings is 1. The molecule has 3 saturated heterocycles. The topological polar surface area (TPSA) is 58.4 Å². The van der Waals surface area contributed by atoms with E-state index in [0.29, 0.717) is 32.5 Å². The average molecular weight is 599 g/mol. The third-order valence-electron chi connectivity index (χ3n) is 5.78. The van der Waals surface area contributed by atoms with Crippen molar-refractivity contribution >= 4 is 62.2 Å². The lowest BCUT2D eigenvalue weighted by atomic mass is 9.84. The maximum Gasteiger partial charge on any atom is 0.253 e. The molecule has 3 aliphatic rings. The first-order valence-corrected chi connectivity index (χ1v) is 11.8. The molecule has 5 nitrogen and oxygen atoms in total. The number of amides is 1. The normalized spacial score (nSPS) is 26.5. The first kappa shape index (κ1) is 18.8. The van der Waals surface area contributed by atoms with E-state index in [1.54, 1.807) is 0 Å². The minimum atomic E-state index is -0.0616. The molecule has 3 aromatic rings. The number of hydrogen-bond acceptors (Lipinski definition) is 4. The number of nitrogens with one attached hydrogen (secondary N) is 1. The number of alkyl halides is 1. The van der Waals surface area contributed by atoms with E-state index in [-0.39, 0.29) is 11.9 Å². The molecule has 6 rings (SSSR count). The molecule has 0 aliphatic carbocycles. The summed E-state index contributed by atoms with van der Waals surface area (Å²) in [4.78, 5) is 20.2. The molecule has 0 radical (unpaired) electrons. The lowest BCUT2D eigenvalue weighted by molar-refractivity contribution is 0.0554. The predicted molar refractivity (Wildman–Crippen MR) is 126 cm³/mol. The van der Waals surface area contributed by atoms with Crippen LogP contribution in [0.25, 0.3) is 22.6 Å². The summed E-state index contributed by atoms with van der Waals surface area (Å²) in [6.07, 6.45) is 2.32. The Morgan fingerprint density at radius 3 is 2.61 bits per heavy atom. The Balaban J connectivity index is 1.45. The Bertz CT molecular complexity index is 1020. The molecule has 2 aromatic carbocycles. The third-order valence-corrected chi connectivity index (χ3v) is 8.06. The van der Waals surface area contributed by atoms with Gasteiger partial charge in [0.2, 0.25) is 5.89 Å². The SMILES string of the molecule is O=C(NC1C2CCN(CC2)C1I)c1cccc2oc(-c3ccc(I)cc3)nc12. The number of aromatic nitrogens is 1. The van der Waals surface area contributed by atoms with E-state index in [2.05, 4.69) is 60.4 Å². The van der Waals surface area contributed by atoms with Gasteiger partial charge in [-0.3, -0.25) is 9.69 Å². The Kier molecular flexibility index (Phi) is 5.08. The largest absolute Gasteiger partial charge is 0.436 e. The zero-order valence-corrected chi connectivity index (χ0v) is 19.4. The molecule has 2 unspecified atom stereocenters. The van der Waals surface area contributed by atoms with Crippen molar-refractivity contribution in [2.45, 2.75) is 22.9 Å². The highest BCUT2D eigenvalue weighted by Crippen LogP contribution is 2.35. The molecule has 2 bridgehead atoms. The van der Waals surface area contributed by atoms with Crippen LogP contribution in [0.3, 0.4) is 0 Å². The van der Waals surface area contributed by atoms with Gasteiger partial charge in [-0.1, -0.05) is 28.7 Å². The summed E-state index contributed by atoms with van der Waals surface area (Å²) in [5.41, 5.74) is 2.76. The fraction of sp³-hybridized carbons (Fsp3) is 0.333. The first-order chi connectivity index (χ1) is 13.6. The summed E-state index contributed by atoms with van der Waals surface area (Å²) < 4.78 is 7.45. The Hall–Kier alpha value is -1.20. The van der Waals surface area contributed by atoms with Crippen molar-refractivity contribution in [2.75, 3.05) is 13.1 Å². The molecule has 1 amide bonds. The smallest absolute Gasteiger partial charge is 0.253 e. The van der Waals surface area contributed by atoms with Gasteiger partial charge in [0.1, 0.15) is 5.52 Å². The second-order valence-corrected chi connectivity index (χ2v) is 9.95. The summed E-state index contributed by atoms with van der Waals surface area (Å²) in [6, 6.07) is 13.8. The minimum absolute atomic E-state index is 0.0616. The quantitative estimate of drug-likeness (QED) is 0.270. The second-order valence-electron chi connectivity index (χ2n) is 7.42. The van der Waals surface area contributed by atoms with Crippen molar-refractivity contribution in [2.24, 2.45) is 5.92 Å². The van der Waals surface area contributed by atoms with Crippen LogP contribution in [-0.4, -0.2) is 39.0 Å². The molecule has 144 valence electrons. The van der Waals surface area contributed by atoms with Crippen LogP contribution in [0.2, 0.25) is 0 Å². The highest BCUT2D eigenvalue weighted by molar-refractivity contribution is 14.1. The fourth-order valence-corrected chi connectivity index (χ4v) is 5.92. The Morgan fingerprint density at radius 2 is 1.89 bits per heavy atom. The standard InChI is InChI=1S/C21H19I2N3O2/c22-14-6-4-13(5-7-14)21-25-18-15(2-1-3-16(18)28-21)20(27)24-17-12-8-10-26(11-9-12)19(17)23/h1-7,12,17,19H,8-11H2,(H,24,27). The molecule has 28 heavy (non-hydrogen) atoms. The van der Waals surface area contributed by atoms with Crippen LogP contribution in [0.1, 0.15) is 23.2 Å². The van der Waals surface area contributed by atoms with Crippen LogP contribution in [0.5, 0.6) is 0 Å². The van der Waals surface area contributed by atoms with Crippen molar-refractivity contribution in [1.82, 2.24) is 15.2 Å². The third kappa shape index (κ3) is 3.35. The Morgan fingerprint density at radius 1 is 1.14 bits per heavy atom. The lowest BCUT2D eigenvalue weighted by Gasteiger charge is -2.48. The zero-order chi connectivity index (χ0) is 19.3. The van der Waals surface area contributed by atoms with Crippen molar-refractivity contribution in [3.05, 3.63) is 51.6 Å². The van der Waals surface area contributed by atoms with E-state index in [1.165, 1.54) is 0 Å². The van der Waals surface area contributed by atoms with Gasteiger partial charge in [0, 0.05) is 9.13 Å². The monoisotopic (exact) mass is 599 g/mol. The highest BCUT2D eigenvalue weighted by atomic mass is 127. The zero-order valence-electron chi connectivity index (χ0n) is 15.1. The number of benzene rings is 2. The number of para-hydroxylation sites is 1. The Labute approximate surface area is 190 Å². The summed E-state index contributed by atoms with van der Waals surface area (Å²) in [7, 11) is 0. The molecule has 2 atom stereocenters. The maximum atomic E-state index is 13.1. The van der Waals surface area contributed by atoms with Crippen molar-refractivity contribution in [3.8, 4) is 11.5 Å². The predicted octanol–water partition coefficient (Wildman–Crippen LogP) is 4.68. The van der Waals surface area contributed by atoms with Gasteiger partial charge in [-0.05, 0) is 90.8 Å². The van der Waals surface area contributed by atoms with E-state index >= 15 is 0 Å². The van der Waals surface area contributed by atoms with E-state index in [4.69, 9.17) is 4.42 Å². The van der Waals surface area contributed by atoms with E-state index in [0.717, 1.165) is 35.1 Å². The molecule has 4 heterocycles. The van der Waals surface area contributed by atoms with Gasteiger partial charge in [-0.2, -0.15) is 0 Å². The summed E-state index contributed by atoms with van der Waals surface area (Å²) in [5, 5.41) is 3.29. The van der Waals surface area contributed by atoms with Crippen molar-refractivity contribution < 1.29 is 9.21 Å². The van der Waals surface area contributed by atoms with Crippen molar-refractivity contribution in [1.29, 1.82) is 0 Å². The van der Waals surface area contributed by atoms with Crippen LogP contribution in [0, 0.1) is 9.49 Å². The van der Waals surface area contributed by atoms with Gasteiger partial charge < -0.3 is 9.73 Å². The number of rotatable bonds is 3. The van der Waals surface area contributed by atoms with Crippen LogP contribution in [0.15, 0.2) is 46.9 Å². The molecule has 1 N–H and O–H groups in total. The number of piperidine rings is 3. The fourth-order valence-electron chi connectivity index (χ4n) is 4.24. The van der Waals surface area contributed by atoms with E-state index in [9.17, 15) is 4.79 Å². The van der Waals surface area contributed by atoms with Crippen LogP contribution < -0.4 is 5.32 Å². The minimum Gasteiger partial charge on any atom is -0.436 e. The van der Waals surface area contributed by atoms with E-state index in [1.807, 2.05) is 42.5 Å². The first-order valence-electron chi connectivity index (χ1n) is 9.44. The van der Waals surface area contributed by atoms with Crippen LogP contribution in [0.4, 0.5) is 0 Å². The molecule has 3 aliphatic heterocycles. The number of carbonyl (C=O) groups excluding carboxylic acids is 1. The van der Waals surface area contributed by atoms with Gasteiger partial charge in [-0.15, -0.1) is 0 Å². The summed E-state index contributed by atoms with van der Waals surface area (Å²) >= 11 is 4.74. The van der Waals surface area contributed by atoms with Gasteiger partial charge >= 0.3 is 0 Å². The number of nitrogens with zero attached hydrogens (tertiary/aromatic N) is 2. The van der Waals surface area contributed by atoms with Crippen LogP contribution >= 0.6 is 45.2 Å². The maximum absolute atomic E-state index is 13.1. The summed E-state index contributed by atoms with van der Waals surface area (Å²) in [5.74, 6) is 1.05. The second kappa shape index (κ2) is 7.56. The molecule has 3 fully saturated rings. The number of fused-ring (bicyclic) bond motifs is 4. The van der Waals surface area contributed by atoms with Gasteiger partial charge in [0.15, 0.2) is 5.58 Å². The highest BCUT2D eigenvalue weighted by Gasteiger charge is 2.41. The molecule has 1 aromatic heterocycles. The van der Waals surface area contributed by atoms with Crippen molar-refractivity contribution in [3.63, 3.8) is 0 Å². The lowest BCUT2D eigenvalue weighted by Crippen LogP contribution is -2.61. The number of hydrogen-bond donors (Lipinski definition) is 1. The van der Waals surface area contributed by atoms with E-state index < -0.39 is 0 Å². The van der Waals surface area contributed by atoms with Gasteiger partial charge in [0.25, 0.3) is 5.91 Å². The average Bonchev–Trinajstić information content (AvgIpc) is 3.15. The molecule has 0 saturated carbocycles. The van der Waals surface area contributed by atoms with Gasteiger partial charge in [-0.25, -0.2) is 4.98 Å². The molecular weight excluding hydrogens is 580 g/mol. The summed E-state index contributed by atoms with van der Waals surface area (Å²) in [6.45, 7) is 2.28. The number of carbonyl (C=O) groups is 1. The molecular formula is C21H19I2N3O2. The van der Waals surface area contributed by atoms with Gasteiger partial charge in [0.05, 0.1) is 15.7 Å². The van der Waals surface area contributed by atoms with Crippen LogP contribution in [-0.2, 0) is 0 Å². The number of halogens is 2. The molecule has 0 spiro atoms.